The molecule has 0 unspecified atom stereocenters. The van der Waals surface area contributed by atoms with Crippen molar-refractivity contribution in [1.82, 2.24) is 10.9 Å². The van der Waals surface area contributed by atoms with Gasteiger partial charge >= 0.3 is 0 Å². The van der Waals surface area contributed by atoms with Crippen molar-refractivity contribution >= 4 is 27.7 Å². The van der Waals surface area contributed by atoms with Gasteiger partial charge in [-0.3, -0.25) is 20.4 Å². The first kappa shape index (κ1) is 14.3. The van der Waals surface area contributed by atoms with Crippen LogP contribution in [0.15, 0.2) is 45.5 Å². The second kappa shape index (κ2) is 6.38. The second-order valence-electron chi connectivity index (χ2n) is 4.20. The molecule has 20 heavy (non-hydrogen) atoms. The molecule has 0 saturated carbocycles. The number of rotatable bonds is 3. The standard InChI is InChI=1S/C14H13BrN2O3/c1-9-12(6-7-20-9)14(19)17-16-13(18)8-10-2-4-11(15)5-3-10/h2-7H,8H2,1H3,(H,16,18)(H,17,19). The highest BCUT2D eigenvalue weighted by Gasteiger charge is 2.12. The van der Waals surface area contributed by atoms with Crippen LogP contribution in [0, 0.1) is 6.92 Å². The van der Waals surface area contributed by atoms with E-state index in [-0.39, 0.29) is 12.3 Å². The molecule has 2 rings (SSSR count). The molecule has 2 N–H and O–H groups in total. The Morgan fingerprint density at radius 2 is 1.85 bits per heavy atom. The Hall–Kier alpha value is -2.08. The molecule has 6 heteroatoms. The third-order valence-electron chi connectivity index (χ3n) is 2.70. The van der Waals surface area contributed by atoms with Crippen LogP contribution in [0.5, 0.6) is 0 Å². The van der Waals surface area contributed by atoms with Gasteiger partial charge in [0.05, 0.1) is 18.2 Å². The first-order chi connectivity index (χ1) is 9.56. The van der Waals surface area contributed by atoms with Crippen LogP contribution in [-0.4, -0.2) is 11.8 Å². The number of halogens is 1. The molecule has 0 aliphatic rings. The normalized spacial score (nSPS) is 10.1. The maximum atomic E-state index is 11.7. The summed E-state index contributed by atoms with van der Waals surface area (Å²) in [5.41, 5.74) is 5.98. The van der Waals surface area contributed by atoms with Crippen LogP contribution in [0.3, 0.4) is 0 Å². The van der Waals surface area contributed by atoms with Crippen LogP contribution in [0.25, 0.3) is 0 Å². The van der Waals surface area contributed by atoms with Gasteiger partial charge in [-0.15, -0.1) is 0 Å². The Bertz CT molecular complexity index is 620. The molecule has 2 amide bonds. The molecule has 0 aliphatic heterocycles. The number of amides is 2. The minimum Gasteiger partial charge on any atom is -0.469 e. The highest BCUT2D eigenvalue weighted by Crippen LogP contribution is 2.11. The molecule has 2 aromatic rings. The number of carbonyl (C=O) groups excluding carboxylic acids is 2. The fourth-order valence-corrected chi connectivity index (χ4v) is 1.91. The molecule has 1 aromatic carbocycles. The third kappa shape index (κ3) is 3.71. The van der Waals surface area contributed by atoms with Crippen LogP contribution in [0.1, 0.15) is 21.7 Å². The summed E-state index contributed by atoms with van der Waals surface area (Å²) in [6.07, 6.45) is 1.62. The predicted molar refractivity (Wildman–Crippen MR) is 76.9 cm³/mol. The van der Waals surface area contributed by atoms with E-state index in [0.29, 0.717) is 11.3 Å². The second-order valence-corrected chi connectivity index (χ2v) is 5.11. The van der Waals surface area contributed by atoms with Crippen molar-refractivity contribution in [3.05, 3.63) is 58.0 Å². The van der Waals surface area contributed by atoms with E-state index in [2.05, 4.69) is 26.8 Å². The van der Waals surface area contributed by atoms with E-state index in [4.69, 9.17) is 4.42 Å². The van der Waals surface area contributed by atoms with Gasteiger partial charge in [-0.2, -0.15) is 0 Å². The van der Waals surface area contributed by atoms with E-state index < -0.39 is 5.91 Å². The van der Waals surface area contributed by atoms with Crippen molar-refractivity contribution in [3.63, 3.8) is 0 Å². The predicted octanol–water partition coefficient (Wildman–Crippen LogP) is 2.35. The lowest BCUT2D eigenvalue weighted by atomic mass is 10.1. The summed E-state index contributed by atoms with van der Waals surface area (Å²) >= 11 is 3.32. The van der Waals surface area contributed by atoms with E-state index in [1.165, 1.54) is 6.26 Å². The Balaban J connectivity index is 1.85. The first-order valence-electron chi connectivity index (χ1n) is 5.94. The minimum absolute atomic E-state index is 0.192. The quantitative estimate of drug-likeness (QED) is 0.845. The van der Waals surface area contributed by atoms with Gasteiger partial charge in [-0.05, 0) is 30.7 Å². The van der Waals surface area contributed by atoms with Crippen LogP contribution in [0.4, 0.5) is 0 Å². The van der Waals surface area contributed by atoms with E-state index >= 15 is 0 Å². The van der Waals surface area contributed by atoms with Crippen LogP contribution in [-0.2, 0) is 11.2 Å². The summed E-state index contributed by atoms with van der Waals surface area (Å²) in [5.74, 6) is -0.188. The Kier molecular flexibility index (Phi) is 4.57. The van der Waals surface area contributed by atoms with Gasteiger partial charge in [0, 0.05) is 4.47 Å². The highest BCUT2D eigenvalue weighted by molar-refractivity contribution is 9.10. The molecule has 0 saturated heterocycles. The molecule has 0 spiro atoms. The van der Waals surface area contributed by atoms with Crippen molar-refractivity contribution in [3.8, 4) is 0 Å². The maximum absolute atomic E-state index is 11.7. The van der Waals surface area contributed by atoms with Gasteiger partial charge in [0.1, 0.15) is 5.76 Å². The van der Waals surface area contributed by atoms with E-state index in [1.807, 2.05) is 24.3 Å². The van der Waals surface area contributed by atoms with Crippen molar-refractivity contribution in [1.29, 1.82) is 0 Å². The number of benzene rings is 1. The number of hydrogen-bond donors (Lipinski definition) is 2. The van der Waals surface area contributed by atoms with E-state index in [0.717, 1.165) is 10.0 Å². The number of nitrogens with one attached hydrogen (secondary N) is 2. The summed E-state index contributed by atoms with van der Waals surface area (Å²) in [6.45, 7) is 1.68. The topological polar surface area (TPSA) is 71.3 Å². The average molecular weight is 337 g/mol. The number of aryl methyl sites for hydroxylation is 1. The van der Waals surface area contributed by atoms with Crippen molar-refractivity contribution in [2.45, 2.75) is 13.3 Å². The SMILES string of the molecule is Cc1occc1C(=O)NNC(=O)Cc1ccc(Br)cc1. The van der Waals surface area contributed by atoms with Gasteiger partial charge in [-0.1, -0.05) is 28.1 Å². The summed E-state index contributed by atoms with van der Waals surface area (Å²) in [7, 11) is 0. The van der Waals surface area contributed by atoms with Crippen LogP contribution < -0.4 is 10.9 Å². The fraction of sp³-hybridized carbons (Fsp3) is 0.143. The molecule has 1 aromatic heterocycles. The summed E-state index contributed by atoms with van der Waals surface area (Å²) < 4.78 is 5.97. The summed E-state index contributed by atoms with van der Waals surface area (Å²) in [4.78, 5) is 23.4. The number of carbonyl (C=O) groups is 2. The Labute approximate surface area is 124 Å². The van der Waals surface area contributed by atoms with Gasteiger partial charge in [-0.25, -0.2) is 0 Å². The summed E-state index contributed by atoms with van der Waals surface area (Å²) in [6, 6.07) is 8.94. The van der Waals surface area contributed by atoms with Crippen LogP contribution in [0.2, 0.25) is 0 Å². The maximum Gasteiger partial charge on any atom is 0.273 e. The van der Waals surface area contributed by atoms with Gasteiger partial charge in [0.25, 0.3) is 5.91 Å². The Morgan fingerprint density at radius 1 is 1.15 bits per heavy atom. The first-order valence-corrected chi connectivity index (χ1v) is 6.73. The molecular formula is C14H13BrN2O3. The van der Waals surface area contributed by atoms with Gasteiger partial charge < -0.3 is 4.42 Å². The lowest BCUT2D eigenvalue weighted by molar-refractivity contribution is -0.121. The molecule has 0 atom stereocenters. The zero-order chi connectivity index (χ0) is 14.5. The average Bonchev–Trinajstić information content (AvgIpc) is 2.85. The highest BCUT2D eigenvalue weighted by atomic mass is 79.9. The molecule has 0 aliphatic carbocycles. The largest absolute Gasteiger partial charge is 0.469 e. The zero-order valence-corrected chi connectivity index (χ0v) is 12.4. The summed E-state index contributed by atoms with van der Waals surface area (Å²) in [5, 5.41) is 0. The number of hydrogen-bond acceptors (Lipinski definition) is 3. The van der Waals surface area contributed by atoms with E-state index in [1.54, 1.807) is 13.0 Å². The fourth-order valence-electron chi connectivity index (χ4n) is 1.65. The molecule has 0 fully saturated rings. The zero-order valence-electron chi connectivity index (χ0n) is 10.8. The van der Waals surface area contributed by atoms with Crippen molar-refractivity contribution in [2.75, 3.05) is 0 Å². The molecule has 5 nitrogen and oxygen atoms in total. The number of furan rings is 1. The minimum atomic E-state index is -0.402. The van der Waals surface area contributed by atoms with Crippen LogP contribution >= 0.6 is 15.9 Å². The Morgan fingerprint density at radius 3 is 2.45 bits per heavy atom. The monoisotopic (exact) mass is 336 g/mol. The lowest BCUT2D eigenvalue weighted by Crippen LogP contribution is -2.42. The number of hydrazine groups is 1. The third-order valence-corrected chi connectivity index (χ3v) is 3.23. The van der Waals surface area contributed by atoms with Gasteiger partial charge in [0.2, 0.25) is 5.91 Å². The van der Waals surface area contributed by atoms with E-state index in [9.17, 15) is 9.59 Å². The molecular weight excluding hydrogens is 324 g/mol. The lowest BCUT2D eigenvalue weighted by Gasteiger charge is -2.07. The molecule has 0 bridgehead atoms. The molecule has 104 valence electrons. The van der Waals surface area contributed by atoms with Gasteiger partial charge in [0.15, 0.2) is 0 Å². The van der Waals surface area contributed by atoms with Crippen molar-refractivity contribution in [2.24, 2.45) is 0 Å². The molecule has 1 heterocycles. The molecule has 0 radical (unpaired) electrons. The van der Waals surface area contributed by atoms with Crippen molar-refractivity contribution < 1.29 is 14.0 Å². The smallest absolute Gasteiger partial charge is 0.273 e.